The third-order valence-corrected chi connectivity index (χ3v) is 3.07. The standard InChI is InChI=1S/C14H17F2N3O/c1-14(2,3)12(17)13-18-10(20-19-13)7-8-5-4-6-9(15)11(8)16/h4-6,12H,7,17H2,1-3H3. The van der Waals surface area contributed by atoms with Crippen molar-refractivity contribution in [2.45, 2.75) is 33.2 Å². The van der Waals surface area contributed by atoms with E-state index < -0.39 is 17.7 Å². The molecular weight excluding hydrogens is 264 g/mol. The van der Waals surface area contributed by atoms with Crippen molar-refractivity contribution in [2.75, 3.05) is 0 Å². The number of nitrogens with zero attached hydrogens (tertiary/aromatic N) is 2. The molecule has 6 heteroatoms. The van der Waals surface area contributed by atoms with E-state index in [0.717, 1.165) is 6.07 Å². The summed E-state index contributed by atoms with van der Waals surface area (Å²) in [7, 11) is 0. The van der Waals surface area contributed by atoms with Crippen LogP contribution in [0.1, 0.15) is 44.1 Å². The quantitative estimate of drug-likeness (QED) is 0.939. The number of aromatic nitrogens is 2. The van der Waals surface area contributed by atoms with E-state index in [2.05, 4.69) is 10.1 Å². The Hall–Kier alpha value is -1.82. The van der Waals surface area contributed by atoms with Crippen LogP contribution in [0.4, 0.5) is 8.78 Å². The molecule has 0 saturated heterocycles. The molecule has 0 aliphatic carbocycles. The summed E-state index contributed by atoms with van der Waals surface area (Å²) in [6, 6.07) is 3.59. The fourth-order valence-corrected chi connectivity index (χ4v) is 1.70. The van der Waals surface area contributed by atoms with E-state index in [-0.39, 0.29) is 23.3 Å². The first kappa shape index (κ1) is 14.6. The Bertz CT molecular complexity index is 605. The van der Waals surface area contributed by atoms with E-state index in [4.69, 9.17) is 10.3 Å². The van der Waals surface area contributed by atoms with Crippen molar-refractivity contribution in [3.63, 3.8) is 0 Å². The summed E-state index contributed by atoms with van der Waals surface area (Å²) >= 11 is 0. The molecule has 0 radical (unpaired) electrons. The normalized spacial score (nSPS) is 13.5. The Morgan fingerprint density at radius 2 is 2.00 bits per heavy atom. The molecular formula is C14H17F2N3O. The molecule has 2 aromatic rings. The second-order valence-corrected chi connectivity index (χ2v) is 5.78. The molecule has 0 aliphatic rings. The van der Waals surface area contributed by atoms with Gasteiger partial charge < -0.3 is 10.3 Å². The van der Waals surface area contributed by atoms with Crippen LogP contribution in [0, 0.1) is 17.0 Å². The van der Waals surface area contributed by atoms with Gasteiger partial charge in [0.25, 0.3) is 0 Å². The van der Waals surface area contributed by atoms with Gasteiger partial charge in [0.05, 0.1) is 12.5 Å². The van der Waals surface area contributed by atoms with Gasteiger partial charge in [-0.1, -0.05) is 38.1 Å². The summed E-state index contributed by atoms with van der Waals surface area (Å²) in [4.78, 5) is 4.15. The second kappa shape index (κ2) is 5.28. The average Bonchev–Trinajstić information content (AvgIpc) is 2.81. The lowest BCUT2D eigenvalue weighted by Gasteiger charge is -2.23. The Balaban J connectivity index is 2.20. The van der Waals surface area contributed by atoms with Gasteiger partial charge in [0.15, 0.2) is 17.5 Å². The van der Waals surface area contributed by atoms with Crippen LogP contribution in [-0.4, -0.2) is 10.1 Å². The first-order valence-corrected chi connectivity index (χ1v) is 6.30. The molecule has 2 N–H and O–H groups in total. The van der Waals surface area contributed by atoms with E-state index in [1.807, 2.05) is 20.8 Å². The number of benzene rings is 1. The molecule has 4 nitrogen and oxygen atoms in total. The number of hydrogen-bond donors (Lipinski definition) is 1. The molecule has 0 spiro atoms. The molecule has 20 heavy (non-hydrogen) atoms. The van der Waals surface area contributed by atoms with E-state index >= 15 is 0 Å². The minimum Gasteiger partial charge on any atom is -0.339 e. The van der Waals surface area contributed by atoms with Gasteiger partial charge in [-0.15, -0.1) is 0 Å². The third kappa shape index (κ3) is 3.01. The van der Waals surface area contributed by atoms with Crippen molar-refractivity contribution in [1.82, 2.24) is 10.1 Å². The van der Waals surface area contributed by atoms with Gasteiger partial charge in [-0.2, -0.15) is 4.98 Å². The Labute approximate surface area is 116 Å². The molecule has 1 aromatic carbocycles. The molecule has 0 bridgehead atoms. The molecule has 1 aromatic heterocycles. The molecule has 108 valence electrons. The first-order chi connectivity index (χ1) is 9.29. The van der Waals surface area contributed by atoms with Crippen LogP contribution in [0.15, 0.2) is 22.7 Å². The zero-order valence-electron chi connectivity index (χ0n) is 11.7. The van der Waals surface area contributed by atoms with Crippen LogP contribution in [0.5, 0.6) is 0 Å². The van der Waals surface area contributed by atoms with Crippen molar-refractivity contribution in [3.8, 4) is 0 Å². The maximum absolute atomic E-state index is 13.6. The summed E-state index contributed by atoms with van der Waals surface area (Å²) in [5.41, 5.74) is 5.97. The summed E-state index contributed by atoms with van der Waals surface area (Å²) in [5.74, 6) is -1.21. The van der Waals surface area contributed by atoms with Crippen LogP contribution in [0.3, 0.4) is 0 Å². The topological polar surface area (TPSA) is 64.9 Å². The van der Waals surface area contributed by atoms with Crippen LogP contribution < -0.4 is 5.73 Å². The van der Waals surface area contributed by atoms with Crippen molar-refractivity contribution in [1.29, 1.82) is 0 Å². The van der Waals surface area contributed by atoms with E-state index in [1.165, 1.54) is 12.1 Å². The second-order valence-electron chi connectivity index (χ2n) is 5.78. The Kier molecular flexibility index (Phi) is 3.85. The molecule has 0 amide bonds. The molecule has 0 saturated carbocycles. The molecule has 0 aliphatic heterocycles. The highest BCUT2D eigenvalue weighted by Crippen LogP contribution is 2.28. The number of nitrogens with two attached hydrogens (primary N) is 1. The maximum atomic E-state index is 13.6. The van der Waals surface area contributed by atoms with E-state index in [9.17, 15) is 8.78 Å². The number of halogens is 2. The highest BCUT2D eigenvalue weighted by molar-refractivity contribution is 5.21. The largest absolute Gasteiger partial charge is 0.339 e. The summed E-state index contributed by atoms with van der Waals surface area (Å²) in [6.07, 6.45) is 0.0352. The van der Waals surface area contributed by atoms with Gasteiger partial charge in [-0.05, 0) is 11.5 Å². The smallest absolute Gasteiger partial charge is 0.231 e. The van der Waals surface area contributed by atoms with Gasteiger partial charge in [-0.25, -0.2) is 8.78 Å². The Morgan fingerprint density at radius 3 is 2.65 bits per heavy atom. The third-order valence-electron chi connectivity index (χ3n) is 3.07. The highest BCUT2D eigenvalue weighted by atomic mass is 19.2. The molecule has 2 rings (SSSR count). The highest BCUT2D eigenvalue weighted by Gasteiger charge is 2.27. The van der Waals surface area contributed by atoms with Crippen molar-refractivity contribution in [3.05, 3.63) is 47.1 Å². The van der Waals surface area contributed by atoms with E-state index in [0.29, 0.717) is 5.82 Å². The van der Waals surface area contributed by atoms with Gasteiger partial charge >= 0.3 is 0 Å². The predicted octanol–water partition coefficient (Wildman–Crippen LogP) is 2.98. The van der Waals surface area contributed by atoms with Crippen molar-refractivity contribution >= 4 is 0 Å². The predicted molar refractivity (Wildman–Crippen MR) is 69.8 cm³/mol. The van der Waals surface area contributed by atoms with Crippen LogP contribution in [0.25, 0.3) is 0 Å². The summed E-state index contributed by atoms with van der Waals surface area (Å²) in [6.45, 7) is 5.87. The van der Waals surface area contributed by atoms with Crippen molar-refractivity contribution < 1.29 is 13.3 Å². The molecule has 1 unspecified atom stereocenters. The average molecular weight is 281 g/mol. The first-order valence-electron chi connectivity index (χ1n) is 6.30. The lowest BCUT2D eigenvalue weighted by atomic mass is 9.87. The SMILES string of the molecule is CC(C)(C)C(N)c1noc(Cc2cccc(F)c2F)n1. The maximum Gasteiger partial charge on any atom is 0.231 e. The van der Waals surface area contributed by atoms with Gasteiger partial charge in [0.1, 0.15) is 0 Å². The van der Waals surface area contributed by atoms with E-state index in [1.54, 1.807) is 0 Å². The summed E-state index contributed by atoms with van der Waals surface area (Å²) < 4.78 is 31.7. The van der Waals surface area contributed by atoms with Gasteiger partial charge in [0.2, 0.25) is 5.89 Å². The van der Waals surface area contributed by atoms with Gasteiger partial charge in [0, 0.05) is 5.56 Å². The minimum absolute atomic E-state index is 0.0352. The summed E-state index contributed by atoms with van der Waals surface area (Å²) in [5, 5.41) is 3.80. The fourth-order valence-electron chi connectivity index (χ4n) is 1.70. The minimum atomic E-state index is -0.896. The van der Waals surface area contributed by atoms with Crippen LogP contribution >= 0.6 is 0 Å². The number of rotatable bonds is 3. The van der Waals surface area contributed by atoms with Crippen LogP contribution in [0.2, 0.25) is 0 Å². The Morgan fingerprint density at radius 1 is 1.30 bits per heavy atom. The lowest BCUT2D eigenvalue weighted by molar-refractivity contribution is 0.301. The van der Waals surface area contributed by atoms with Crippen LogP contribution in [-0.2, 0) is 6.42 Å². The molecule has 1 heterocycles. The van der Waals surface area contributed by atoms with Gasteiger partial charge in [-0.3, -0.25) is 0 Å². The fraction of sp³-hybridized carbons (Fsp3) is 0.429. The molecule has 0 fully saturated rings. The monoisotopic (exact) mass is 281 g/mol. The zero-order valence-corrected chi connectivity index (χ0v) is 11.7. The van der Waals surface area contributed by atoms with Crippen molar-refractivity contribution in [2.24, 2.45) is 11.1 Å². The molecule has 1 atom stereocenters. The number of hydrogen-bond acceptors (Lipinski definition) is 4. The zero-order chi connectivity index (χ0) is 14.9. The lowest BCUT2D eigenvalue weighted by Crippen LogP contribution is -2.27.